The molecule has 2 aromatic heterocycles. The lowest BCUT2D eigenvalue weighted by molar-refractivity contribution is -0.914. The fourth-order valence-corrected chi connectivity index (χ4v) is 5.25. The van der Waals surface area contributed by atoms with Crippen LogP contribution in [-0.2, 0) is 6.54 Å². The van der Waals surface area contributed by atoms with Crippen LogP contribution in [0.25, 0.3) is 27.8 Å². The molecule has 0 bridgehead atoms. The van der Waals surface area contributed by atoms with Gasteiger partial charge >= 0.3 is 0 Å². The van der Waals surface area contributed by atoms with Crippen LogP contribution >= 0.6 is 11.6 Å². The zero-order chi connectivity index (χ0) is 23.8. The predicted octanol–water partition coefficient (Wildman–Crippen LogP) is 4.58. The van der Waals surface area contributed by atoms with Crippen molar-refractivity contribution >= 4 is 34.1 Å². The molecule has 172 valence electrons. The first-order chi connectivity index (χ1) is 17.2. The number of para-hydroxylation sites is 2. The summed E-state index contributed by atoms with van der Waals surface area (Å²) >= 11 is 6.06. The maximum atomic E-state index is 10.2. The Hall–Kier alpha value is -3.85. The summed E-state index contributed by atoms with van der Waals surface area (Å²) < 4.78 is 2.17. The Morgan fingerprint density at radius 3 is 2.37 bits per heavy atom. The van der Waals surface area contributed by atoms with Crippen LogP contribution in [0.15, 0.2) is 84.9 Å². The number of benzene rings is 3. The molecule has 0 saturated carbocycles. The van der Waals surface area contributed by atoms with Crippen LogP contribution in [0.2, 0.25) is 5.02 Å². The summed E-state index contributed by atoms with van der Waals surface area (Å²) in [6.07, 6.45) is 0. The monoisotopic (exact) mass is 478 g/mol. The van der Waals surface area contributed by atoms with Crippen molar-refractivity contribution in [3.8, 4) is 17.2 Å². The maximum absolute atomic E-state index is 10.2. The van der Waals surface area contributed by atoms with Gasteiger partial charge in [-0.15, -0.1) is 0 Å². The molecular formula is C29H25ClN5+. The highest BCUT2D eigenvalue weighted by atomic mass is 35.5. The molecule has 0 aliphatic carbocycles. The van der Waals surface area contributed by atoms with Crippen LogP contribution < -0.4 is 9.80 Å². The Balaban J connectivity index is 1.40. The number of piperazine rings is 1. The summed E-state index contributed by atoms with van der Waals surface area (Å²) in [5.41, 5.74) is 6.55. The Labute approximate surface area is 209 Å². The molecule has 5 nitrogen and oxygen atoms in total. The number of rotatable bonds is 4. The highest BCUT2D eigenvalue weighted by Crippen LogP contribution is 2.34. The molecule has 1 N–H and O–H groups in total. The Morgan fingerprint density at radius 1 is 0.914 bits per heavy atom. The number of halogens is 1. The Kier molecular flexibility index (Phi) is 5.61. The molecule has 6 heteroatoms. The lowest BCUT2D eigenvalue weighted by Crippen LogP contribution is -3.13. The molecule has 0 radical (unpaired) electrons. The molecule has 35 heavy (non-hydrogen) atoms. The fourth-order valence-electron chi connectivity index (χ4n) is 5.12. The SMILES string of the molecule is N#Cc1c(-c2ccccc2)cc(N2CC[NH+](Cc3ccc(Cl)cc3)CC2)n2c1nc1ccccc12. The summed E-state index contributed by atoms with van der Waals surface area (Å²) in [4.78, 5) is 8.91. The number of nitrogens with zero attached hydrogens (tertiary/aromatic N) is 4. The summed E-state index contributed by atoms with van der Waals surface area (Å²) in [5, 5.41) is 10.9. The van der Waals surface area contributed by atoms with Crippen molar-refractivity contribution in [1.29, 1.82) is 5.26 Å². The molecule has 0 atom stereocenters. The van der Waals surface area contributed by atoms with Gasteiger partial charge < -0.3 is 9.80 Å². The number of aromatic nitrogens is 2. The quantitative estimate of drug-likeness (QED) is 0.411. The number of pyridine rings is 1. The minimum atomic E-state index is 0.614. The number of anilines is 1. The van der Waals surface area contributed by atoms with Gasteiger partial charge in [-0.1, -0.05) is 66.2 Å². The van der Waals surface area contributed by atoms with Gasteiger partial charge in [-0.05, 0) is 35.9 Å². The van der Waals surface area contributed by atoms with Crippen molar-refractivity contribution in [3.05, 3.63) is 101 Å². The molecule has 1 saturated heterocycles. The normalized spacial score (nSPS) is 14.5. The van der Waals surface area contributed by atoms with E-state index in [2.05, 4.69) is 51.8 Å². The third-order valence-electron chi connectivity index (χ3n) is 6.91. The van der Waals surface area contributed by atoms with Gasteiger partial charge in [0.15, 0.2) is 5.65 Å². The van der Waals surface area contributed by atoms with Crippen molar-refractivity contribution < 1.29 is 4.90 Å². The third-order valence-corrected chi connectivity index (χ3v) is 7.17. The van der Waals surface area contributed by atoms with Gasteiger partial charge in [0.2, 0.25) is 0 Å². The van der Waals surface area contributed by atoms with Crippen LogP contribution in [0, 0.1) is 11.3 Å². The molecular weight excluding hydrogens is 454 g/mol. The molecule has 1 fully saturated rings. The average Bonchev–Trinajstić information content (AvgIpc) is 3.30. The molecule has 6 rings (SSSR count). The van der Waals surface area contributed by atoms with Gasteiger partial charge in [-0.3, -0.25) is 4.40 Å². The largest absolute Gasteiger partial charge is 0.346 e. The van der Waals surface area contributed by atoms with E-state index in [1.165, 1.54) is 5.56 Å². The van der Waals surface area contributed by atoms with E-state index in [1.54, 1.807) is 4.90 Å². The van der Waals surface area contributed by atoms with Crippen molar-refractivity contribution in [2.24, 2.45) is 0 Å². The molecule has 5 aromatic rings. The number of fused-ring (bicyclic) bond motifs is 3. The van der Waals surface area contributed by atoms with E-state index < -0.39 is 0 Å². The molecule has 1 aliphatic rings. The number of hydrogen-bond acceptors (Lipinski definition) is 3. The van der Waals surface area contributed by atoms with E-state index in [4.69, 9.17) is 16.6 Å². The predicted molar refractivity (Wildman–Crippen MR) is 141 cm³/mol. The first-order valence-corrected chi connectivity index (χ1v) is 12.3. The van der Waals surface area contributed by atoms with E-state index in [0.29, 0.717) is 5.56 Å². The van der Waals surface area contributed by atoms with Crippen LogP contribution in [0.3, 0.4) is 0 Å². The van der Waals surface area contributed by atoms with E-state index >= 15 is 0 Å². The molecule has 1 aliphatic heterocycles. The molecule has 0 amide bonds. The average molecular weight is 479 g/mol. The van der Waals surface area contributed by atoms with E-state index in [1.807, 2.05) is 48.5 Å². The molecule has 0 spiro atoms. The molecule has 0 unspecified atom stereocenters. The van der Waals surface area contributed by atoms with E-state index in [0.717, 1.165) is 71.4 Å². The van der Waals surface area contributed by atoms with Crippen molar-refractivity contribution in [3.63, 3.8) is 0 Å². The van der Waals surface area contributed by atoms with Gasteiger partial charge in [-0.2, -0.15) is 5.26 Å². The number of hydrogen-bond donors (Lipinski definition) is 1. The standard InChI is InChI=1S/C29H24ClN5/c30-23-12-10-21(11-13-23)20-33-14-16-34(17-15-33)28-18-24(22-6-2-1-3-7-22)25(19-31)29-32-26-8-4-5-9-27(26)35(28)29/h1-13,18H,14-17,20H2/p+1. The third kappa shape index (κ3) is 4.01. The van der Waals surface area contributed by atoms with Crippen molar-refractivity contribution in [1.82, 2.24) is 9.38 Å². The lowest BCUT2D eigenvalue weighted by atomic mass is 10.0. The van der Waals surface area contributed by atoms with Crippen LogP contribution in [0.1, 0.15) is 11.1 Å². The molecule has 3 aromatic carbocycles. The zero-order valence-electron chi connectivity index (χ0n) is 19.3. The number of imidazole rings is 1. The second-order valence-electron chi connectivity index (χ2n) is 9.07. The second kappa shape index (κ2) is 9.07. The van der Waals surface area contributed by atoms with Crippen molar-refractivity contribution in [2.75, 3.05) is 31.1 Å². The summed E-state index contributed by atoms with van der Waals surface area (Å²) in [5.74, 6) is 1.09. The van der Waals surface area contributed by atoms with Crippen LogP contribution in [0.4, 0.5) is 5.82 Å². The maximum Gasteiger partial charge on any atom is 0.158 e. The Bertz CT molecular complexity index is 1540. The van der Waals surface area contributed by atoms with Gasteiger partial charge in [0.05, 0.1) is 37.2 Å². The van der Waals surface area contributed by atoms with Crippen molar-refractivity contribution in [2.45, 2.75) is 6.54 Å². The second-order valence-corrected chi connectivity index (χ2v) is 9.51. The van der Waals surface area contributed by atoms with Gasteiger partial charge in [0, 0.05) is 16.1 Å². The summed E-state index contributed by atoms with van der Waals surface area (Å²) in [6, 6.07) is 31.1. The minimum absolute atomic E-state index is 0.614. The smallest absolute Gasteiger partial charge is 0.158 e. The topological polar surface area (TPSA) is 48.8 Å². The molecule has 3 heterocycles. The van der Waals surface area contributed by atoms with Crippen LogP contribution in [0.5, 0.6) is 0 Å². The van der Waals surface area contributed by atoms with Gasteiger partial charge in [0.25, 0.3) is 0 Å². The minimum Gasteiger partial charge on any atom is -0.346 e. The zero-order valence-corrected chi connectivity index (χ0v) is 20.0. The first kappa shape index (κ1) is 21.7. The summed E-state index contributed by atoms with van der Waals surface area (Å²) in [6.45, 7) is 4.95. The van der Waals surface area contributed by atoms with Gasteiger partial charge in [-0.25, -0.2) is 4.98 Å². The number of quaternary nitrogens is 1. The van der Waals surface area contributed by atoms with E-state index in [-0.39, 0.29) is 0 Å². The fraction of sp³-hybridized carbons (Fsp3) is 0.172. The van der Waals surface area contributed by atoms with E-state index in [9.17, 15) is 5.26 Å². The Morgan fingerprint density at radius 2 is 1.63 bits per heavy atom. The van der Waals surface area contributed by atoms with Crippen LogP contribution in [-0.4, -0.2) is 35.6 Å². The number of nitriles is 1. The first-order valence-electron chi connectivity index (χ1n) is 11.9. The lowest BCUT2D eigenvalue weighted by Gasteiger charge is -2.34. The van der Waals surface area contributed by atoms with Gasteiger partial charge in [0.1, 0.15) is 24.0 Å². The number of nitrogens with one attached hydrogen (secondary N) is 1. The summed E-state index contributed by atoms with van der Waals surface area (Å²) in [7, 11) is 0. The highest BCUT2D eigenvalue weighted by molar-refractivity contribution is 6.30. The highest BCUT2D eigenvalue weighted by Gasteiger charge is 2.25.